The summed E-state index contributed by atoms with van der Waals surface area (Å²) in [5.74, 6) is -0.366. The van der Waals surface area contributed by atoms with Crippen LogP contribution in [0.25, 0.3) is 0 Å². The van der Waals surface area contributed by atoms with Gasteiger partial charge in [-0.05, 0) is 48.0 Å². The van der Waals surface area contributed by atoms with Crippen LogP contribution in [0.2, 0.25) is 0 Å². The largest absolute Gasteiger partial charge is 0.399 e. The second-order valence-corrected chi connectivity index (χ2v) is 8.09. The average Bonchev–Trinajstić information content (AvgIpc) is 2.36. The number of nitrogens with two attached hydrogens (primary N) is 1. The summed E-state index contributed by atoms with van der Waals surface area (Å²) in [6.45, 7) is 0. The van der Waals surface area contributed by atoms with Gasteiger partial charge in [-0.2, -0.15) is 0 Å². The van der Waals surface area contributed by atoms with Gasteiger partial charge in [-0.1, -0.05) is 0 Å². The standard InChI is InChI=1S/C14H14FNO3S2/c1-21(18,19)14-4-2-13(3-5-14)20(17)9-10-6-11(15)8-12(16)7-10/h2-8H,9,16H2,1H3. The lowest BCUT2D eigenvalue weighted by atomic mass is 10.2. The summed E-state index contributed by atoms with van der Waals surface area (Å²) in [5, 5.41) is 0. The van der Waals surface area contributed by atoms with E-state index in [0.29, 0.717) is 10.5 Å². The van der Waals surface area contributed by atoms with Crippen LogP contribution in [-0.2, 0) is 26.4 Å². The van der Waals surface area contributed by atoms with Crippen LogP contribution in [0.3, 0.4) is 0 Å². The Morgan fingerprint density at radius 1 is 1.14 bits per heavy atom. The molecular weight excluding hydrogens is 313 g/mol. The van der Waals surface area contributed by atoms with Crippen LogP contribution in [-0.4, -0.2) is 18.9 Å². The first-order valence-electron chi connectivity index (χ1n) is 5.99. The van der Waals surface area contributed by atoms with E-state index in [0.717, 1.165) is 6.26 Å². The summed E-state index contributed by atoms with van der Waals surface area (Å²) in [7, 11) is -4.68. The van der Waals surface area contributed by atoms with Gasteiger partial charge in [0.15, 0.2) is 9.84 Å². The molecule has 2 rings (SSSR count). The first-order chi connectivity index (χ1) is 9.75. The molecule has 4 nitrogen and oxygen atoms in total. The van der Waals surface area contributed by atoms with Gasteiger partial charge in [-0.3, -0.25) is 4.21 Å². The highest BCUT2D eigenvalue weighted by Gasteiger charge is 2.10. The fraction of sp³-hybridized carbons (Fsp3) is 0.143. The van der Waals surface area contributed by atoms with E-state index in [9.17, 15) is 17.0 Å². The molecule has 0 radical (unpaired) electrons. The van der Waals surface area contributed by atoms with Crippen molar-refractivity contribution < 1.29 is 17.0 Å². The van der Waals surface area contributed by atoms with E-state index in [1.54, 1.807) is 6.07 Å². The van der Waals surface area contributed by atoms with Crippen LogP contribution < -0.4 is 5.73 Å². The molecule has 0 aliphatic rings. The van der Waals surface area contributed by atoms with Gasteiger partial charge in [0.25, 0.3) is 0 Å². The molecule has 0 saturated heterocycles. The number of halogens is 1. The number of benzene rings is 2. The summed E-state index contributed by atoms with van der Waals surface area (Å²) in [4.78, 5) is 0.642. The lowest BCUT2D eigenvalue weighted by molar-refractivity contribution is 0.601. The van der Waals surface area contributed by atoms with Gasteiger partial charge in [0.1, 0.15) is 5.82 Å². The maximum Gasteiger partial charge on any atom is 0.175 e. The zero-order chi connectivity index (χ0) is 15.6. The molecule has 2 N–H and O–H groups in total. The van der Waals surface area contributed by atoms with Crippen molar-refractivity contribution in [3.63, 3.8) is 0 Å². The average molecular weight is 327 g/mol. The van der Waals surface area contributed by atoms with Crippen molar-refractivity contribution >= 4 is 26.3 Å². The molecule has 0 aliphatic heterocycles. The van der Waals surface area contributed by atoms with Gasteiger partial charge < -0.3 is 5.73 Å². The quantitative estimate of drug-likeness (QED) is 0.873. The third-order valence-corrected chi connectivity index (χ3v) is 5.31. The number of sulfone groups is 1. The Kier molecular flexibility index (Phi) is 4.43. The lowest BCUT2D eigenvalue weighted by Crippen LogP contribution is -2.00. The molecule has 0 aromatic heterocycles. The van der Waals surface area contributed by atoms with Crippen molar-refractivity contribution in [2.75, 3.05) is 12.0 Å². The molecule has 21 heavy (non-hydrogen) atoms. The van der Waals surface area contributed by atoms with Crippen LogP contribution in [0.4, 0.5) is 10.1 Å². The summed E-state index contributed by atoms with van der Waals surface area (Å²) in [5.41, 5.74) is 6.33. The van der Waals surface area contributed by atoms with Gasteiger partial charge in [0, 0.05) is 16.8 Å². The van der Waals surface area contributed by atoms with Crippen molar-refractivity contribution in [3.05, 3.63) is 53.8 Å². The van der Waals surface area contributed by atoms with Crippen molar-refractivity contribution in [2.24, 2.45) is 0 Å². The lowest BCUT2D eigenvalue weighted by Gasteiger charge is -2.05. The van der Waals surface area contributed by atoms with Crippen molar-refractivity contribution in [3.8, 4) is 0 Å². The highest BCUT2D eigenvalue weighted by Crippen LogP contribution is 2.18. The Balaban J connectivity index is 2.20. The van der Waals surface area contributed by atoms with E-state index in [1.165, 1.54) is 36.4 Å². The second kappa shape index (κ2) is 5.95. The zero-order valence-corrected chi connectivity index (χ0v) is 12.9. The summed E-state index contributed by atoms with van der Waals surface area (Å²) in [6.07, 6.45) is 1.11. The van der Waals surface area contributed by atoms with Crippen molar-refractivity contribution in [1.29, 1.82) is 0 Å². The van der Waals surface area contributed by atoms with E-state index in [4.69, 9.17) is 5.73 Å². The molecule has 2 aromatic carbocycles. The molecule has 0 aliphatic carbocycles. The van der Waals surface area contributed by atoms with E-state index in [1.807, 2.05) is 0 Å². The van der Waals surface area contributed by atoms with Crippen LogP contribution in [0.5, 0.6) is 0 Å². The molecule has 0 amide bonds. The Hall–Kier alpha value is -1.73. The first kappa shape index (κ1) is 15.7. The fourth-order valence-corrected chi connectivity index (χ4v) is 3.54. The topological polar surface area (TPSA) is 77.2 Å². The fourth-order valence-electron chi connectivity index (χ4n) is 1.83. The molecule has 0 fully saturated rings. The molecule has 0 heterocycles. The maximum absolute atomic E-state index is 13.2. The molecule has 0 bridgehead atoms. The molecular formula is C14H14FNO3S2. The van der Waals surface area contributed by atoms with Crippen LogP contribution in [0.1, 0.15) is 5.56 Å². The predicted molar refractivity (Wildman–Crippen MR) is 80.5 cm³/mol. The molecule has 1 unspecified atom stereocenters. The number of hydrogen-bond donors (Lipinski definition) is 1. The summed E-state index contributed by atoms with van der Waals surface area (Å²) in [6, 6.07) is 9.83. The van der Waals surface area contributed by atoms with Crippen molar-refractivity contribution in [2.45, 2.75) is 15.5 Å². The molecule has 0 spiro atoms. The molecule has 0 saturated carbocycles. The smallest absolute Gasteiger partial charge is 0.175 e. The van der Waals surface area contributed by atoms with E-state index in [2.05, 4.69) is 0 Å². The summed E-state index contributed by atoms with van der Waals surface area (Å²) < 4.78 is 48.1. The molecule has 1 atom stereocenters. The normalized spacial score (nSPS) is 13.0. The van der Waals surface area contributed by atoms with E-state index in [-0.39, 0.29) is 16.3 Å². The van der Waals surface area contributed by atoms with Gasteiger partial charge >= 0.3 is 0 Å². The Bertz CT molecular complexity index is 766. The number of rotatable bonds is 4. The number of hydrogen-bond acceptors (Lipinski definition) is 4. The number of nitrogen functional groups attached to an aromatic ring is 1. The second-order valence-electron chi connectivity index (χ2n) is 4.63. The highest BCUT2D eigenvalue weighted by molar-refractivity contribution is 7.90. The third-order valence-electron chi connectivity index (χ3n) is 2.79. The monoisotopic (exact) mass is 327 g/mol. The van der Waals surface area contributed by atoms with Gasteiger partial charge in [0.05, 0.1) is 21.4 Å². The Morgan fingerprint density at radius 3 is 2.29 bits per heavy atom. The minimum atomic E-state index is -3.28. The number of anilines is 1. The van der Waals surface area contributed by atoms with Crippen LogP contribution in [0, 0.1) is 5.82 Å². The molecule has 2 aromatic rings. The first-order valence-corrected chi connectivity index (χ1v) is 9.20. The van der Waals surface area contributed by atoms with Gasteiger partial charge in [-0.15, -0.1) is 0 Å². The van der Waals surface area contributed by atoms with Crippen molar-refractivity contribution in [1.82, 2.24) is 0 Å². The molecule has 112 valence electrons. The minimum Gasteiger partial charge on any atom is -0.399 e. The zero-order valence-electron chi connectivity index (χ0n) is 11.2. The summed E-state index contributed by atoms with van der Waals surface area (Å²) >= 11 is 0. The van der Waals surface area contributed by atoms with E-state index >= 15 is 0 Å². The maximum atomic E-state index is 13.2. The Morgan fingerprint density at radius 2 is 1.76 bits per heavy atom. The molecule has 7 heteroatoms. The predicted octanol–water partition coefficient (Wildman–Crippen LogP) is 2.12. The minimum absolute atomic E-state index is 0.111. The van der Waals surface area contributed by atoms with Crippen LogP contribution >= 0.6 is 0 Å². The van der Waals surface area contributed by atoms with Gasteiger partial charge in [-0.25, -0.2) is 12.8 Å². The van der Waals surface area contributed by atoms with Crippen LogP contribution in [0.15, 0.2) is 52.3 Å². The Labute approximate surface area is 125 Å². The van der Waals surface area contributed by atoms with E-state index < -0.39 is 26.5 Å². The van der Waals surface area contributed by atoms with Gasteiger partial charge in [0.2, 0.25) is 0 Å². The third kappa shape index (κ3) is 4.12. The SMILES string of the molecule is CS(=O)(=O)c1ccc(S(=O)Cc2cc(N)cc(F)c2)cc1. The highest BCUT2D eigenvalue weighted by atomic mass is 32.2.